The molecule has 0 aromatic heterocycles. The van der Waals surface area contributed by atoms with Gasteiger partial charge < -0.3 is 28.0 Å². The fourth-order valence-electron chi connectivity index (χ4n) is 3.45. The van der Waals surface area contributed by atoms with E-state index < -0.39 is 25.7 Å². The maximum absolute atomic E-state index is 12.6. The Morgan fingerprint density at radius 2 is 1.77 bits per heavy atom. The molecule has 3 unspecified atom stereocenters. The highest BCUT2D eigenvalue weighted by Crippen LogP contribution is 2.48. The van der Waals surface area contributed by atoms with Crippen molar-refractivity contribution in [1.82, 2.24) is 0 Å². The van der Waals surface area contributed by atoms with Crippen LogP contribution in [0, 0.1) is 11.8 Å². The van der Waals surface area contributed by atoms with Crippen molar-refractivity contribution in [2.75, 3.05) is 27.4 Å². The monoisotopic (exact) mass is 379 g/mol. The lowest BCUT2D eigenvalue weighted by molar-refractivity contribution is -0.0215. The number of hydrogen-bond acceptors (Lipinski definition) is 7. The Balaban J connectivity index is 1.91. The molecule has 2 aliphatic rings. The van der Waals surface area contributed by atoms with Crippen molar-refractivity contribution in [2.24, 2.45) is 11.8 Å². The van der Waals surface area contributed by atoms with Gasteiger partial charge in [0.25, 0.3) is 7.47 Å². The molecule has 2 heterocycles. The molecule has 0 saturated carbocycles. The fraction of sp³-hybridized carbons (Fsp3) is 1.00. The molecule has 9 atom stereocenters. The Morgan fingerprint density at radius 3 is 2.35 bits per heavy atom. The van der Waals surface area contributed by atoms with Gasteiger partial charge in [-0.05, 0) is 0 Å². The van der Waals surface area contributed by atoms with E-state index in [0.29, 0.717) is 6.61 Å². The number of methoxy groups -OCH3 is 2. The van der Waals surface area contributed by atoms with Crippen molar-refractivity contribution in [3.05, 3.63) is 0 Å². The van der Waals surface area contributed by atoms with Crippen molar-refractivity contribution in [3.63, 3.8) is 0 Å². The quantitative estimate of drug-likeness (QED) is 0.413. The summed E-state index contributed by atoms with van der Waals surface area (Å²) in [7, 11) is 18.0. The van der Waals surface area contributed by atoms with Crippen LogP contribution in [0.1, 0.15) is 13.8 Å². The van der Waals surface area contributed by atoms with Gasteiger partial charge in [0.1, 0.15) is 14.0 Å². The van der Waals surface area contributed by atoms with Gasteiger partial charge in [-0.15, -0.1) is 0 Å². The molecule has 7 nitrogen and oxygen atoms in total. The third-order valence-corrected chi connectivity index (χ3v) is 6.02. The number of hydrogen-bond donors (Lipinski definition) is 0. The van der Waals surface area contributed by atoms with Gasteiger partial charge in [0.2, 0.25) is 7.57 Å². The Labute approximate surface area is 160 Å². The van der Waals surface area contributed by atoms with Gasteiger partial charge in [0, 0.05) is 45.8 Å². The first-order chi connectivity index (χ1) is 12.2. The highest BCUT2D eigenvalue weighted by Gasteiger charge is 2.44. The van der Waals surface area contributed by atoms with Gasteiger partial charge in [-0.3, -0.25) is 4.57 Å². The highest BCUT2D eigenvalue weighted by molar-refractivity contribution is 7.79. The van der Waals surface area contributed by atoms with Gasteiger partial charge in [-0.25, -0.2) is 0 Å². The van der Waals surface area contributed by atoms with Crippen LogP contribution in [0.5, 0.6) is 0 Å². The Kier molecular flexibility index (Phi) is 8.35. The van der Waals surface area contributed by atoms with Crippen LogP contribution < -0.4 is 0 Å². The second kappa shape index (κ2) is 9.64. The average Bonchev–Trinajstić information content (AvgIpc) is 3.04. The van der Waals surface area contributed by atoms with Crippen molar-refractivity contribution >= 4 is 37.8 Å². The van der Waals surface area contributed by atoms with Crippen LogP contribution >= 0.6 is 7.47 Å². The molecule has 2 aliphatic heterocycles. The zero-order valence-electron chi connectivity index (χ0n) is 15.6. The molecule has 139 valence electrons. The summed E-state index contributed by atoms with van der Waals surface area (Å²) in [6.07, 6.45) is -1.66. The van der Waals surface area contributed by atoms with Gasteiger partial charge in [-0.2, -0.15) is 0 Å². The summed E-state index contributed by atoms with van der Waals surface area (Å²) in [5, 5.41) is 0. The van der Waals surface area contributed by atoms with Gasteiger partial charge >= 0.3 is 0 Å². The maximum Gasteiger partial charge on any atom is 0.264 e. The van der Waals surface area contributed by atoms with Crippen LogP contribution in [-0.2, 0) is 32.6 Å². The molecule has 0 amide bonds. The van der Waals surface area contributed by atoms with E-state index in [1.165, 1.54) is 7.17 Å². The van der Waals surface area contributed by atoms with E-state index in [1.807, 2.05) is 13.8 Å². The van der Waals surface area contributed by atoms with Crippen molar-refractivity contribution in [3.8, 4) is 0 Å². The zero-order chi connectivity index (χ0) is 19.5. The second-order valence-corrected chi connectivity index (χ2v) is 8.30. The summed E-state index contributed by atoms with van der Waals surface area (Å²) in [4.78, 5) is 0. The molecular weight excluding hydrogens is 354 g/mol. The van der Waals surface area contributed by atoms with Crippen LogP contribution in [0.4, 0.5) is 0 Å². The molecule has 0 spiro atoms. The molecule has 12 heteroatoms. The Bertz CT molecular complexity index is 502. The molecular formula is C14H24B4O7P. The van der Waals surface area contributed by atoms with Crippen molar-refractivity contribution in [2.45, 2.75) is 50.3 Å². The van der Waals surface area contributed by atoms with E-state index in [0.717, 1.165) is 0 Å². The summed E-state index contributed by atoms with van der Waals surface area (Å²) in [5.41, 5.74) is 0. The third-order valence-electron chi connectivity index (χ3n) is 4.98. The molecule has 0 aromatic rings. The van der Waals surface area contributed by atoms with Crippen molar-refractivity contribution < 1.29 is 32.6 Å². The summed E-state index contributed by atoms with van der Waals surface area (Å²) in [6.45, 7) is 4.11. The molecule has 7 radical (unpaired) electrons. The normalized spacial score (nSPS) is 42.6. The molecule has 0 aliphatic carbocycles. The van der Waals surface area contributed by atoms with E-state index in [9.17, 15) is 4.57 Å². The maximum atomic E-state index is 12.6. The minimum absolute atomic E-state index is 0.0307. The molecule has 2 fully saturated rings. The van der Waals surface area contributed by atoms with E-state index in [2.05, 4.69) is 0 Å². The summed E-state index contributed by atoms with van der Waals surface area (Å²) >= 11 is 0. The zero-order valence-corrected chi connectivity index (χ0v) is 16.5. The number of ether oxygens (including phenoxy) is 4. The first-order valence-corrected chi connectivity index (χ1v) is 10.2. The van der Waals surface area contributed by atoms with E-state index in [1.54, 1.807) is 14.2 Å². The van der Waals surface area contributed by atoms with Gasteiger partial charge in [0.05, 0.1) is 38.7 Å². The fourth-order valence-corrected chi connectivity index (χ4v) is 4.52. The SMILES string of the molecule is [B][B][C@@H]1O[C@H](COP([B])(=O)O[C@H]2C(C)[C@@H](COC)O[C@H]2[B])C(OC)[C@@H]1C. The van der Waals surface area contributed by atoms with Crippen molar-refractivity contribution in [1.29, 1.82) is 0 Å². The predicted octanol–water partition coefficient (Wildman–Crippen LogP) is 0.00440. The highest BCUT2D eigenvalue weighted by atomic mass is 31.2. The van der Waals surface area contributed by atoms with Gasteiger partial charge in [-0.1, -0.05) is 13.8 Å². The standard InChI is InChI=1S/C14H24B4O7P/c1-7-9(5-20-3)23-13(15)12(7)25-26(17,19)22-6-10-11(21-4)8(2)14(18-16)24-10/h7-14H,5-6H2,1-4H3/t7?,8-,9+,10+,11?,12-,13+,14+,26?/m0/s1. The minimum atomic E-state index is -3.88. The summed E-state index contributed by atoms with van der Waals surface area (Å²) in [5.74, 6) is -0.126. The Hall–Kier alpha value is 0.250. The molecule has 0 bridgehead atoms. The van der Waals surface area contributed by atoms with E-state index in [-0.39, 0.29) is 36.7 Å². The molecule has 26 heavy (non-hydrogen) atoms. The first-order valence-electron chi connectivity index (χ1n) is 8.59. The van der Waals surface area contributed by atoms with Gasteiger partial charge in [0.15, 0.2) is 0 Å². The summed E-state index contributed by atoms with van der Waals surface area (Å²) < 4.78 is 45.2. The lowest BCUT2D eigenvalue weighted by Crippen LogP contribution is -2.33. The molecule has 0 aromatic carbocycles. The average molecular weight is 379 g/mol. The Morgan fingerprint density at radius 1 is 1.08 bits per heavy atom. The largest absolute Gasteiger partial charge is 0.382 e. The predicted molar refractivity (Wildman–Crippen MR) is 99.8 cm³/mol. The molecule has 2 saturated heterocycles. The molecule has 2 rings (SSSR count). The second-order valence-electron chi connectivity index (χ2n) is 6.75. The van der Waals surface area contributed by atoms with E-state index in [4.69, 9.17) is 51.1 Å². The third kappa shape index (κ3) is 5.19. The van der Waals surface area contributed by atoms with E-state index >= 15 is 0 Å². The topological polar surface area (TPSA) is 72.5 Å². The lowest BCUT2D eigenvalue weighted by atomic mass is 9.49. The number of rotatable bonds is 9. The summed E-state index contributed by atoms with van der Waals surface area (Å²) in [6, 6.07) is -1.05. The van der Waals surface area contributed by atoms with Crippen LogP contribution in [0.2, 0.25) is 0 Å². The van der Waals surface area contributed by atoms with Crippen LogP contribution in [0.15, 0.2) is 0 Å². The smallest absolute Gasteiger partial charge is 0.264 e. The minimum Gasteiger partial charge on any atom is -0.382 e. The van der Waals surface area contributed by atoms with Crippen LogP contribution in [-0.4, -0.2) is 94.2 Å². The van der Waals surface area contributed by atoms with Crippen LogP contribution in [0.25, 0.3) is 0 Å². The van der Waals surface area contributed by atoms with Crippen LogP contribution in [0.3, 0.4) is 0 Å². The molecule has 0 N–H and O–H groups in total. The lowest BCUT2D eigenvalue weighted by Gasteiger charge is -2.26. The first kappa shape index (κ1) is 22.5.